The molecule has 0 radical (unpaired) electrons. The number of carbonyl (C=O) groups is 2. The summed E-state index contributed by atoms with van der Waals surface area (Å²) >= 11 is 0. The number of aliphatic carboxylic acids is 1. The number of Topliss-reactive ketones (excluding diaryl/α,β-unsaturated/α-hetero) is 1. The van der Waals surface area contributed by atoms with Gasteiger partial charge in [0.05, 0.1) is 0 Å². The topological polar surface area (TPSA) is 76.0 Å². The third kappa shape index (κ3) is 3.64. The average molecular weight is 227 g/mol. The Morgan fingerprint density at radius 3 is 2.25 bits per heavy atom. The Bertz CT molecular complexity index is 287. The predicted octanol–water partition coefficient (Wildman–Crippen LogP) is 1.61. The minimum atomic E-state index is -1.34. The molecular formula is C11H17NO4. The van der Waals surface area contributed by atoms with E-state index in [9.17, 15) is 9.59 Å². The van der Waals surface area contributed by atoms with Crippen LogP contribution in [0.2, 0.25) is 0 Å². The first-order chi connectivity index (χ1) is 7.50. The summed E-state index contributed by atoms with van der Waals surface area (Å²) in [6, 6.07) is 0. The summed E-state index contributed by atoms with van der Waals surface area (Å²) < 4.78 is 0. The number of hydrogen-bond donors (Lipinski definition) is 1. The fraction of sp³-hybridized carbons (Fsp3) is 0.727. The fourth-order valence-corrected chi connectivity index (χ4v) is 1.72. The molecule has 0 amide bonds. The van der Waals surface area contributed by atoms with Crippen LogP contribution in [-0.4, -0.2) is 28.7 Å². The molecule has 0 spiro atoms. The van der Waals surface area contributed by atoms with Gasteiger partial charge in [0.1, 0.15) is 6.10 Å². The molecular weight excluding hydrogens is 210 g/mol. The van der Waals surface area contributed by atoms with E-state index in [1.165, 1.54) is 6.92 Å². The van der Waals surface area contributed by atoms with E-state index in [0.29, 0.717) is 5.92 Å². The number of carboxylic acid groups (broad SMARTS) is 1. The molecule has 1 rings (SSSR count). The van der Waals surface area contributed by atoms with Crippen molar-refractivity contribution >= 4 is 17.5 Å². The molecule has 5 nitrogen and oxygen atoms in total. The van der Waals surface area contributed by atoms with Gasteiger partial charge >= 0.3 is 5.97 Å². The van der Waals surface area contributed by atoms with Crippen molar-refractivity contribution in [2.75, 3.05) is 0 Å². The molecule has 0 saturated heterocycles. The zero-order chi connectivity index (χ0) is 12.1. The van der Waals surface area contributed by atoms with E-state index in [1.807, 2.05) is 0 Å². The zero-order valence-electron chi connectivity index (χ0n) is 9.60. The third-order valence-corrected chi connectivity index (χ3v) is 2.79. The largest absolute Gasteiger partial charge is 0.476 e. The molecule has 0 heterocycles. The molecule has 90 valence electrons. The number of carboxylic acids is 1. The van der Waals surface area contributed by atoms with Gasteiger partial charge in [-0.15, -0.1) is 0 Å². The summed E-state index contributed by atoms with van der Waals surface area (Å²) in [5, 5.41) is 12.1. The Morgan fingerprint density at radius 2 is 1.81 bits per heavy atom. The van der Waals surface area contributed by atoms with Crippen molar-refractivity contribution in [1.82, 2.24) is 0 Å². The van der Waals surface area contributed by atoms with Crippen molar-refractivity contribution in [1.29, 1.82) is 0 Å². The highest BCUT2D eigenvalue weighted by Crippen LogP contribution is 2.25. The minimum absolute atomic E-state index is 0.0510. The predicted molar refractivity (Wildman–Crippen MR) is 58.3 cm³/mol. The van der Waals surface area contributed by atoms with Crippen LogP contribution < -0.4 is 0 Å². The van der Waals surface area contributed by atoms with Crippen LogP contribution in [0.4, 0.5) is 0 Å². The number of hydrogen-bond acceptors (Lipinski definition) is 4. The van der Waals surface area contributed by atoms with E-state index in [0.717, 1.165) is 25.7 Å². The summed E-state index contributed by atoms with van der Waals surface area (Å²) in [5.41, 5.74) is -0.529. The van der Waals surface area contributed by atoms with Crippen molar-refractivity contribution in [3.05, 3.63) is 0 Å². The quantitative estimate of drug-likeness (QED) is 0.449. The first kappa shape index (κ1) is 12.7. The van der Waals surface area contributed by atoms with Crippen molar-refractivity contribution in [3.63, 3.8) is 0 Å². The molecule has 0 unspecified atom stereocenters. The van der Waals surface area contributed by atoms with Crippen molar-refractivity contribution in [3.8, 4) is 0 Å². The maximum absolute atomic E-state index is 10.9. The summed E-state index contributed by atoms with van der Waals surface area (Å²) in [6.45, 7) is 3.34. The lowest BCUT2D eigenvalue weighted by atomic mass is 9.89. The highest BCUT2D eigenvalue weighted by atomic mass is 16.6. The smallest absolute Gasteiger partial charge is 0.361 e. The summed E-state index contributed by atoms with van der Waals surface area (Å²) in [7, 11) is 0. The molecule has 0 aromatic rings. The summed E-state index contributed by atoms with van der Waals surface area (Å²) in [4.78, 5) is 26.7. The van der Waals surface area contributed by atoms with Gasteiger partial charge in [0.2, 0.25) is 5.71 Å². The summed E-state index contributed by atoms with van der Waals surface area (Å²) in [6.07, 6.45) is 3.81. The molecule has 0 atom stereocenters. The van der Waals surface area contributed by atoms with Crippen LogP contribution in [-0.2, 0) is 14.4 Å². The number of ketones is 1. The Morgan fingerprint density at radius 1 is 1.25 bits per heavy atom. The molecule has 0 aromatic heterocycles. The van der Waals surface area contributed by atoms with Crippen LogP contribution in [0.3, 0.4) is 0 Å². The molecule has 1 aliphatic rings. The van der Waals surface area contributed by atoms with Crippen LogP contribution in [0.25, 0.3) is 0 Å². The number of rotatable bonds is 4. The van der Waals surface area contributed by atoms with E-state index in [2.05, 4.69) is 12.1 Å². The number of oxime groups is 1. The van der Waals surface area contributed by atoms with E-state index in [1.54, 1.807) is 0 Å². The molecule has 16 heavy (non-hydrogen) atoms. The Labute approximate surface area is 94.5 Å². The summed E-state index contributed by atoms with van der Waals surface area (Å²) in [5.74, 6) is -1.23. The van der Waals surface area contributed by atoms with Gasteiger partial charge in [0, 0.05) is 6.92 Å². The highest BCUT2D eigenvalue weighted by molar-refractivity contribution is 6.63. The zero-order valence-corrected chi connectivity index (χ0v) is 9.60. The van der Waals surface area contributed by atoms with Gasteiger partial charge < -0.3 is 9.94 Å². The van der Waals surface area contributed by atoms with Gasteiger partial charge in [-0.3, -0.25) is 4.79 Å². The lowest BCUT2D eigenvalue weighted by molar-refractivity contribution is -0.130. The molecule has 5 heteroatoms. The van der Waals surface area contributed by atoms with Crippen LogP contribution in [0.1, 0.15) is 39.5 Å². The van der Waals surface area contributed by atoms with Crippen LogP contribution >= 0.6 is 0 Å². The van der Waals surface area contributed by atoms with E-state index >= 15 is 0 Å². The Balaban J connectivity index is 2.50. The SMILES string of the molecule is CC(=O)/C(=N/O[C@H]1CC[C@H](C)CC1)C(=O)O. The van der Waals surface area contributed by atoms with Gasteiger partial charge in [-0.2, -0.15) is 0 Å². The monoisotopic (exact) mass is 227 g/mol. The standard InChI is InChI=1S/C11H17NO4/c1-7-3-5-9(6-4-7)16-12-10(8(2)13)11(14)15/h7,9H,3-6H2,1-2H3,(H,14,15)/b12-10-/t7-,9-. The average Bonchev–Trinajstić information content (AvgIpc) is 2.20. The van der Waals surface area contributed by atoms with Gasteiger partial charge in [-0.05, 0) is 31.6 Å². The lowest BCUT2D eigenvalue weighted by Crippen LogP contribution is -2.24. The van der Waals surface area contributed by atoms with E-state index in [-0.39, 0.29) is 6.10 Å². The van der Waals surface area contributed by atoms with Gasteiger partial charge in [0.15, 0.2) is 5.78 Å². The third-order valence-electron chi connectivity index (χ3n) is 2.79. The molecule has 0 aliphatic heterocycles. The molecule has 1 N–H and O–H groups in total. The van der Waals surface area contributed by atoms with Crippen molar-refractivity contribution in [2.24, 2.45) is 11.1 Å². The second-order valence-electron chi connectivity index (χ2n) is 4.29. The minimum Gasteiger partial charge on any atom is -0.476 e. The molecule has 0 aromatic carbocycles. The van der Waals surface area contributed by atoms with Crippen molar-refractivity contribution in [2.45, 2.75) is 45.6 Å². The second kappa shape index (κ2) is 5.63. The number of carbonyl (C=O) groups excluding carboxylic acids is 1. The van der Waals surface area contributed by atoms with Crippen LogP contribution in [0.5, 0.6) is 0 Å². The maximum atomic E-state index is 10.9. The molecule has 0 bridgehead atoms. The Hall–Kier alpha value is -1.39. The van der Waals surface area contributed by atoms with Gasteiger partial charge in [-0.1, -0.05) is 12.1 Å². The first-order valence-corrected chi connectivity index (χ1v) is 5.48. The first-order valence-electron chi connectivity index (χ1n) is 5.48. The Kier molecular flexibility index (Phi) is 4.46. The molecule has 1 fully saturated rings. The number of nitrogens with zero attached hydrogens (tertiary/aromatic N) is 1. The lowest BCUT2D eigenvalue weighted by Gasteiger charge is -2.24. The van der Waals surface area contributed by atoms with Crippen LogP contribution in [0, 0.1) is 5.92 Å². The second-order valence-corrected chi connectivity index (χ2v) is 4.29. The maximum Gasteiger partial charge on any atom is 0.361 e. The van der Waals surface area contributed by atoms with E-state index < -0.39 is 17.5 Å². The molecule has 1 saturated carbocycles. The fourth-order valence-electron chi connectivity index (χ4n) is 1.72. The van der Waals surface area contributed by atoms with Gasteiger partial charge in [0.25, 0.3) is 0 Å². The van der Waals surface area contributed by atoms with E-state index in [4.69, 9.17) is 9.94 Å². The van der Waals surface area contributed by atoms with Crippen molar-refractivity contribution < 1.29 is 19.5 Å². The van der Waals surface area contributed by atoms with Crippen LogP contribution in [0.15, 0.2) is 5.16 Å². The normalized spacial score (nSPS) is 26.2. The molecule has 1 aliphatic carbocycles. The van der Waals surface area contributed by atoms with Gasteiger partial charge in [-0.25, -0.2) is 4.79 Å². The highest BCUT2D eigenvalue weighted by Gasteiger charge is 2.21.